The van der Waals surface area contributed by atoms with Crippen molar-refractivity contribution in [2.75, 3.05) is 6.54 Å². The van der Waals surface area contributed by atoms with E-state index in [9.17, 15) is 9.90 Å². The lowest BCUT2D eigenvalue weighted by molar-refractivity contribution is -0.141. The molecule has 1 aromatic carbocycles. The highest BCUT2D eigenvalue weighted by Crippen LogP contribution is 2.41. The molecule has 0 spiro atoms. The molecule has 1 heterocycles. The molecule has 1 aliphatic carbocycles. The molecule has 110 valence electrons. The van der Waals surface area contributed by atoms with Gasteiger partial charge in [0.15, 0.2) is 0 Å². The number of rotatable bonds is 3. The van der Waals surface area contributed by atoms with Crippen molar-refractivity contribution in [3.63, 3.8) is 0 Å². The normalized spacial score (nSPS) is 32.2. The Morgan fingerprint density at radius 1 is 1.25 bits per heavy atom. The van der Waals surface area contributed by atoms with Crippen molar-refractivity contribution in [3.05, 3.63) is 35.9 Å². The number of fused-ring (bicyclic) bond motifs is 1. The van der Waals surface area contributed by atoms with E-state index in [2.05, 4.69) is 29.6 Å². The van der Waals surface area contributed by atoms with E-state index in [0.29, 0.717) is 17.8 Å². The monoisotopic (exact) mass is 295 g/mol. The van der Waals surface area contributed by atoms with Crippen molar-refractivity contribution in [2.45, 2.75) is 31.7 Å². The van der Waals surface area contributed by atoms with Crippen LogP contribution in [-0.4, -0.2) is 23.7 Å². The van der Waals surface area contributed by atoms with Crippen LogP contribution in [0.25, 0.3) is 0 Å². The van der Waals surface area contributed by atoms with E-state index in [4.69, 9.17) is 0 Å². The van der Waals surface area contributed by atoms with Crippen LogP contribution in [0.3, 0.4) is 0 Å². The van der Waals surface area contributed by atoms with Crippen LogP contribution in [0.4, 0.5) is 0 Å². The smallest absolute Gasteiger partial charge is 0.321 e. The molecule has 3 rings (SSSR count). The Morgan fingerprint density at radius 2 is 2.00 bits per heavy atom. The number of carboxylic acid groups (broad SMARTS) is 1. The molecule has 20 heavy (non-hydrogen) atoms. The minimum absolute atomic E-state index is 0. The predicted octanol–water partition coefficient (Wildman–Crippen LogP) is 2.74. The fraction of sp³-hybridized carbons (Fsp3) is 0.562. The third-order valence-electron chi connectivity index (χ3n) is 4.83. The molecule has 0 radical (unpaired) electrons. The van der Waals surface area contributed by atoms with E-state index in [1.807, 2.05) is 6.07 Å². The van der Waals surface area contributed by atoms with Gasteiger partial charge in [-0.1, -0.05) is 36.8 Å². The largest absolute Gasteiger partial charge is 0.480 e. The van der Waals surface area contributed by atoms with E-state index < -0.39 is 5.97 Å². The van der Waals surface area contributed by atoms with Crippen molar-refractivity contribution in [1.29, 1.82) is 0 Å². The Bertz CT molecular complexity index is 451. The Balaban J connectivity index is 0.00000147. The fourth-order valence-corrected chi connectivity index (χ4v) is 4.02. The number of hydrogen-bond donors (Lipinski definition) is 2. The lowest BCUT2D eigenvalue weighted by Crippen LogP contribution is -2.41. The van der Waals surface area contributed by atoms with Crippen molar-refractivity contribution < 1.29 is 9.90 Å². The van der Waals surface area contributed by atoms with Crippen LogP contribution in [-0.2, 0) is 11.2 Å². The summed E-state index contributed by atoms with van der Waals surface area (Å²) in [5, 5.41) is 12.6. The summed E-state index contributed by atoms with van der Waals surface area (Å²) in [5.74, 6) is 0.708. The number of nitrogens with one attached hydrogen (secondary N) is 1. The zero-order chi connectivity index (χ0) is 13.2. The van der Waals surface area contributed by atoms with E-state index in [1.54, 1.807) is 0 Å². The average Bonchev–Trinajstić information content (AvgIpc) is 2.85. The number of carbonyl (C=O) groups is 1. The summed E-state index contributed by atoms with van der Waals surface area (Å²) in [6.07, 6.45) is 4.62. The quantitative estimate of drug-likeness (QED) is 0.901. The summed E-state index contributed by atoms with van der Waals surface area (Å²) in [4.78, 5) is 11.4. The molecule has 0 aromatic heterocycles. The second-order valence-electron chi connectivity index (χ2n) is 5.94. The predicted molar refractivity (Wildman–Crippen MR) is 81.1 cm³/mol. The van der Waals surface area contributed by atoms with Crippen LogP contribution in [0.2, 0.25) is 0 Å². The molecule has 1 saturated heterocycles. The molecule has 1 aliphatic heterocycles. The average molecular weight is 296 g/mol. The molecule has 4 atom stereocenters. The molecule has 0 amide bonds. The number of carboxylic acids is 1. The van der Waals surface area contributed by atoms with Gasteiger partial charge in [-0.3, -0.25) is 4.79 Å². The van der Waals surface area contributed by atoms with Gasteiger partial charge in [-0.15, -0.1) is 12.4 Å². The van der Waals surface area contributed by atoms with Crippen molar-refractivity contribution in [2.24, 2.45) is 17.8 Å². The standard InChI is InChI=1S/C16H21NO2.ClH/c18-16(19)15-14-12(7-4-8-13(14)10-17-15)9-11-5-2-1-3-6-11;/h1-3,5-6,12-15,17H,4,7-10H2,(H,18,19);1H. The third-order valence-corrected chi connectivity index (χ3v) is 4.83. The Morgan fingerprint density at radius 3 is 2.70 bits per heavy atom. The second kappa shape index (κ2) is 6.59. The zero-order valence-corrected chi connectivity index (χ0v) is 12.3. The highest BCUT2D eigenvalue weighted by molar-refractivity contribution is 5.85. The summed E-state index contributed by atoms with van der Waals surface area (Å²) in [6.45, 7) is 0.882. The third kappa shape index (κ3) is 2.99. The van der Waals surface area contributed by atoms with Crippen molar-refractivity contribution in [3.8, 4) is 0 Å². The summed E-state index contributed by atoms with van der Waals surface area (Å²) >= 11 is 0. The lowest BCUT2D eigenvalue weighted by Gasteiger charge is -2.35. The molecule has 3 nitrogen and oxygen atoms in total. The molecule has 0 bridgehead atoms. The van der Waals surface area contributed by atoms with E-state index in [0.717, 1.165) is 13.0 Å². The van der Waals surface area contributed by atoms with Gasteiger partial charge in [0.2, 0.25) is 0 Å². The summed E-state index contributed by atoms with van der Waals surface area (Å²) in [5.41, 5.74) is 1.34. The summed E-state index contributed by atoms with van der Waals surface area (Å²) in [7, 11) is 0. The summed E-state index contributed by atoms with van der Waals surface area (Å²) < 4.78 is 0. The Hall–Kier alpha value is -1.06. The van der Waals surface area contributed by atoms with Gasteiger partial charge >= 0.3 is 5.97 Å². The second-order valence-corrected chi connectivity index (χ2v) is 5.94. The molecule has 2 N–H and O–H groups in total. The first-order chi connectivity index (χ1) is 9.25. The first kappa shape index (κ1) is 15.3. The van der Waals surface area contributed by atoms with Gasteiger partial charge in [-0.2, -0.15) is 0 Å². The van der Waals surface area contributed by atoms with E-state index in [1.165, 1.54) is 24.8 Å². The van der Waals surface area contributed by atoms with Crippen LogP contribution in [0.1, 0.15) is 24.8 Å². The van der Waals surface area contributed by atoms with Crippen molar-refractivity contribution >= 4 is 18.4 Å². The molecule has 2 aliphatic rings. The number of hydrogen-bond acceptors (Lipinski definition) is 2. The SMILES string of the molecule is Cl.O=C(O)C1NCC2CCCC(Cc3ccccc3)C21. The first-order valence-corrected chi connectivity index (χ1v) is 7.26. The van der Waals surface area contributed by atoms with Crippen molar-refractivity contribution in [1.82, 2.24) is 5.32 Å². The molecular weight excluding hydrogens is 274 g/mol. The fourth-order valence-electron chi connectivity index (χ4n) is 4.02. The molecular formula is C16H22ClNO2. The van der Waals surface area contributed by atoms with Crippen LogP contribution in [0.15, 0.2) is 30.3 Å². The van der Waals surface area contributed by atoms with Crippen LogP contribution >= 0.6 is 12.4 Å². The van der Waals surface area contributed by atoms with Crippen LogP contribution in [0.5, 0.6) is 0 Å². The van der Waals surface area contributed by atoms with Crippen LogP contribution < -0.4 is 5.32 Å². The zero-order valence-electron chi connectivity index (χ0n) is 11.5. The Labute approximate surface area is 126 Å². The van der Waals surface area contributed by atoms with E-state index >= 15 is 0 Å². The molecule has 4 heteroatoms. The van der Waals surface area contributed by atoms with Gasteiger partial charge in [0.05, 0.1) is 0 Å². The maximum absolute atomic E-state index is 11.4. The highest BCUT2D eigenvalue weighted by Gasteiger charge is 2.45. The number of aliphatic carboxylic acids is 1. The van der Waals surface area contributed by atoms with Gasteiger partial charge in [0, 0.05) is 0 Å². The first-order valence-electron chi connectivity index (χ1n) is 7.26. The van der Waals surface area contributed by atoms with Gasteiger partial charge in [-0.05, 0) is 49.1 Å². The maximum Gasteiger partial charge on any atom is 0.321 e. The van der Waals surface area contributed by atoms with Gasteiger partial charge in [0.25, 0.3) is 0 Å². The highest BCUT2D eigenvalue weighted by atomic mass is 35.5. The molecule has 4 unspecified atom stereocenters. The number of halogens is 1. The maximum atomic E-state index is 11.4. The summed E-state index contributed by atoms with van der Waals surface area (Å²) in [6, 6.07) is 10.1. The lowest BCUT2D eigenvalue weighted by atomic mass is 9.69. The Kier molecular flexibility index (Phi) is 5.06. The molecule has 1 saturated carbocycles. The minimum atomic E-state index is -0.674. The minimum Gasteiger partial charge on any atom is -0.480 e. The van der Waals surface area contributed by atoms with E-state index in [-0.39, 0.29) is 18.4 Å². The van der Waals surface area contributed by atoms with Gasteiger partial charge in [0.1, 0.15) is 6.04 Å². The van der Waals surface area contributed by atoms with Gasteiger partial charge in [-0.25, -0.2) is 0 Å². The number of benzene rings is 1. The topological polar surface area (TPSA) is 49.3 Å². The van der Waals surface area contributed by atoms with Crippen LogP contribution in [0, 0.1) is 17.8 Å². The molecule has 2 fully saturated rings. The van der Waals surface area contributed by atoms with Gasteiger partial charge < -0.3 is 10.4 Å². The molecule has 1 aromatic rings.